The first kappa shape index (κ1) is 15.2. The summed E-state index contributed by atoms with van der Waals surface area (Å²) in [6.45, 7) is 5.78. The van der Waals surface area contributed by atoms with E-state index in [-0.39, 0.29) is 24.3 Å². The third kappa shape index (κ3) is 3.45. The van der Waals surface area contributed by atoms with E-state index in [2.05, 4.69) is 10.2 Å². The predicted molar refractivity (Wildman–Crippen MR) is 75.5 cm³/mol. The summed E-state index contributed by atoms with van der Waals surface area (Å²) in [5.41, 5.74) is 0.979. The van der Waals surface area contributed by atoms with E-state index in [9.17, 15) is 9.18 Å². The van der Waals surface area contributed by atoms with Crippen LogP contribution in [0.2, 0.25) is 0 Å². The Morgan fingerprint density at radius 3 is 2.62 bits per heavy atom. The summed E-state index contributed by atoms with van der Waals surface area (Å²) < 4.78 is 19.7. The zero-order valence-electron chi connectivity index (χ0n) is 12.3. The van der Waals surface area contributed by atoms with Crippen molar-refractivity contribution in [3.63, 3.8) is 0 Å². The monoisotopic (exact) mass is 291 g/mol. The van der Waals surface area contributed by atoms with Gasteiger partial charge in [-0.2, -0.15) is 0 Å². The van der Waals surface area contributed by atoms with Gasteiger partial charge in [-0.05, 0) is 44.9 Å². The van der Waals surface area contributed by atoms with Crippen molar-refractivity contribution in [2.45, 2.75) is 33.2 Å². The van der Waals surface area contributed by atoms with Crippen molar-refractivity contribution in [1.29, 1.82) is 0 Å². The molecule has 0 amide bonds. The zero-order valence-corrected chi connectivity index (χ0v) is 12.3. The molecule has 0 spiro atoms. The summed E-state index contributed by atoms with van der Waals surface area (Å²) in [7, 11) is 0. The Kier molecular flexibility index (Phi) is 4.67. The number of aromatic nitrogens is 3. The first-order valence-corrected chi connectivity index (χ1v) is 6.86. The van der Waals surface area contributed by atoms with Crippen LogP contribution in [0.1, 0.15) is 41.9 Å². The fraction of sp³-hybridized carbons (Fsp3) is 0.400. The van der Waals surface area contributed by atoms with Gasteiger partial charge in [-0.3, -0.25) is 0 Å². The molecule has 1 aromatic heterocycles. The lowest BCUT2D eigenvalue weighted by molar-refractivity contribution is 0.0503. The number of carbonyl (C=O) groups excluding carboxylic acids is 1. The highest BCUT2D eigenvalue weighted by molar-refractivity contribution is 5.85. The number of benzene rings is 1. The van der Waals surface area contributed by atoms with Crippen LogP contribution in [0.4, 0.5) is 4.39 Å². The molecule has 6 heteroatoms. The van der Waals surface area contributed by atoms with Gasteiger partial charge in [0.1, 0.15) is 11.6 Å². The van der Waals surface area contributed by atoms with Gasteiger partial charge in [0.05, 0.1) is 6.61 Å². The molecule has 0 fully saturated rings. The number of carbonyl (C=O) groups is 1. The first-order chi connectivity index (χ1) is 10.0. The summed E-state index contributed by atoms with van der Waals surface area (Å²) in [6, 6.07) is 6.27. The van der Waals surface area contributed by atoms with Crippen molar-refractivity contribution < 1.29 is 13.9 Å². The molecule has 2 rings (SSSR count). The summed E-state index contributed by atoms with van der Waals surface area (Å²) >= 11 is 0. The van der Waals surface area contributed by atoms with Gasteiger partial charge in [-0.1, -0.05) is 12.1 Å². The van der Waals surface area contributed by atoms with Gasteiger partial charge >= 0.3 is 5.97 Å². The van der Waals surface area contributed by atoms with Gasteiger partial charge < -0.3 is 9.30 Å². The number of rotatable bonds is 5. The fourth-order valence-electron chi connectivity index (χ4n) is 2.28. The van der Waals surface area contributed by atoms with Gasteiger partial charge in [0, 0.05) is 6.04 Å². The molecule has 1 aromatic carbocycles. The van der Waals surface area contributed by atoms with Crippen LogP contribution < -0.4 is 0 Å². The van der Waals surface area contributed by atoms with E-state index >= 15 is 0 Å². The van der Waals surface area contributed by atoms with E-state index in [0.717, 1.165) is 5.56 Å². The van der Waals surface area contributed by atoms with E-state index in [4.69, 9.17) is 4.74 Å². The summed E-state index contributed by atoms with van der Waals surface area (Å²) in [6.07, 6.45) is 0.644. The van der Waals surface area contributed by atoms with Crippen molar-refractivity contribution in [3.8, 4) is 0 Å². The van der Waals surface area contributed by atoms with Crippen LogP contribution in [0.3, 0.4) is 0 Å². The number of hydrogen-bond acceptors (Lipinski definition) is 4. The van der Waals surface area contributed by atoms with Crippen molar-refractivity contribution >= 4 is 5.97 Å². The van der Waals surface area contributed by atoms with Gasteiger partial charge in [0.25, 0.3) is 0 Å². The van der Waals surface area contributed by atoms with Gasteiger partial charge in [0.15, 0.2) is 0 Å². The van der Waals surface area contributed by atoms with E-state index in [1.807, 2.05) is 6.92 Å². The molecule has 112 valence electrons. The van der Waals surface area contributed by atoms with Crippen molar-refractivity contribution in [2.24, 2.45) is 0 Å². The maximum atomic E-state index is 12.9. The summed E-state index contributed by atoms with van der Waals surface area (Å²) in [4.78, 5) is 11.9. The third-order valence-corrected chi connectivity index (χ3v) is 3.21. The molecular weight excluding hydrogens is 273 g/mol. The zero-order chi connectivity index (χ0) is 15.4. The molecule has 1 unspecified atom stereocenters. The van der Waals surface area contributed by atoms with Crippen molar-refractivity contribution in [3.05, 3.63) is 47.3 Å². The highest BCUT2D eigenvalue weighted by atomic mass is 19.1. The van der Waals surface area contributed by atoms with Crippen LogP contribution in [0, 0.1) is 12.7 Å². The lowest BCUT2D eigenvalue weighted by atomic mass is 10.1. The Morgan fingerprint density at radius 1 is 1.33 bits per heavy atom. The lowest BCUT2D eigenvalue weighted by Crippen LogP contribution is -2.18. The molecule has 2 aromatic rings. The highest BCUT2D eigenvalue weighted by Crippen LogP contribution is 2.18. The van der Waals surface area contributed by atoms with Crippen LogP contribution in [-0.4, -0.2) is 27.3 Å². The van der Waals surface area contributed by atoms with Crippen LogP contribution >= 0.6 is 0 Å². The van der Waals surface area contributed by atoms with Crippen molar-refractivity contribution in [2.75, 3.05) is 6.61 Å². The second kappa shape index (κ2) is 6.47. The van der Waals surface area contributed by atoms with Crippen LogP contribution in [0.5, 0.6) is 0 Å². The smallest absolute Gasteiger partial charge is 0.376 e. The Morgan fingerprint density at radius 2 is 2.00 bits per heavy atom. The molecule has 0 bridgehead atoms. The van der Waals surface area contributed by atoms with Gasteiger partial charge in [-0.15, -0.1) is 10.2 Å². The van der Waals surface area contributed by atoms with Gasteiger partial charge in [0.2, 0.25) is 5.82 Å². The number of ether oxygens (including phenoxy) is 1. The molecule has 0 aliphatic heterocycles. The molecule has 0 N–H and O–H groups in total. The normalized spacial score (nSPS) is 12.2. The third-order valence-electron chi connectivity index (χ3n) is 3.21. The van der Waals surface area contributed by atoms with E-state index in [1.165, 1.54) is 12.1 Å². The molecule has 21 heavy (non-hydrogen) atoms. The van der Waals surface area contributed by atoms with Crippen LogP contribution in [0.15, 0.2) is 24.3 Å². The number of halogens is 1. The maximum absolute atomic E-state index is 12.9. The average Bonchev–Trinajstić information content (AvgIpc) is 2.83. The minimum absolute atomic E-state index is 0.0372. The standard InChI is InChI=1S/C15H18FN3O2/c1-4-21-15(20)14-18-17-11(3)19(14)10(2)9-12-5-7-13(16)8-6-12/h5-8,10H,4,9H2,1-3H3. The Balaban J connectivity index is 2.22. The Labute approximate surface area is 122 Å². The quantitative estimate of drug-likeness (QED) is 0.795. The van der Waals surface area contributed by atoms with Crippen molar-refractivity contribution in [1.82, 2.24) is 14.8 Å². The molecule has 5 nitrogen and oxygen atoms in total. The van der Waals surface area contributed by atoms with E-state index < -0.39 is 5.97 Å². The molecule has 1 atom stereocenters. The summed E-state index contributed by atoms with van der Waals surface area (Å²) in [5, 5.41) is 7.84. The average molecular weight is 291 g/mol. The van der Waals surface area contributed by atoms with Crippen LogP contribution in [-0.2, 0) is 11.2 Å². The largest absolute Gasteiger partial charge is 0.460 e. The molecule has 0 saturated heterocycles. The SMILES string of the molecule is CCOC(=O)c1nnc(C)n1C(C)Cc1ccc(F)cc1. The fourth-order valence-corrected chi connectivity index (χ4v) is 2.28. The highest BCUT2D eigenvalue weighted by Gasteiger charge is 2.21. The molecule has 0 saturated carbocycles. The molecule has 0 aliphatic carbocycles. The minimum Gasteiger partial charge on any atom is -0.460 e. The Bertz CT molecular complexity index is 622. The first-order valence-electron chi connectivity index (χ1n) is 6.86. The number of nitrogens with zero attached hydrogens (tertiary/aromatic N) is 3. The molecule has 0 aliphatic rings. The summed E-state index contributed by atoms with van der Waals surface area (Å²) in [5.74, 6) is 0.0970. The molecule has 0 radical (unpaired) electrons. The van der Waals surface area contributed by atoms with Gasteiger partial charge in [-0.25, -0.2) is 9.18 Å². The number of esters is 1. The lowest BCUT2D eigenvalue weighted by Gasteiger charge is -2.16. The Hall–Kier alpha value is -2.24. The predicted octanol–water partition coefficient (Wildman–Crippen LogP) is 2.71. The molecular formula is C15H18FN3O2. The van der Waals surface area contributed by atoms with Crippen LogP contribution in [0.25, 0.3) is 0 Å². The van der Waals surface area contributed by atoms with E-state index in [0.29, 0.717) is 12.2 Å². The number of hydrogen-bond donors (Lipinski definition) is 0. The second-order valence-corrected chi connectivity index (χ2v) is 4.84. The molecule has 1 heterocycles. The maximum Gasteiger partial charge on any atom is 0.376 e. The minimum atomic E-state index is -0.482. The van der Waals surface area contributed by atoms with E-state index in [1.54, 1.807) is 30.5 Å². The second-order valence-electron chi connectivity index (χ2n) is 4.84. The topological polar surface area (TPSA) is 57.0 Å². The number of aryl methyl sites for hydroxylation is 1.